The maximum absolute atomic E-state index is 12.5. The van der Waals surface area contributed by atoms with Gasteiger partial charge >= 0.3 is 0 Å². The van der Waals surface area contributed by atoms with Gasteiger partial charge in [-0.05, 0) is 37.5 Å². The van der Waals surface area contributed by atoms with Crippen LogP contribution in [0, 0.1) is 6.92 Å². The van der Waals surface area contributed by atoms with Crippen LogP contribution in [0.15, 0.2) is 30.6 Å². The van der Waals surface area contributed by atoms with E-state index < -0.39 is 0 Å². The second kappa shape index (κ2) is 9.01. The molecular formula is C19H26N4O2. The molecule has 2 rings (SSSR count). The first-order valence-electron chi connectivity index (χ1n) is 8.62. The molecule has 0 fully saturated rings. The van der Waals surface area contributed by atoms with Crippen molar-refractivity contribution in [3.8, 4) is 5.75 Å². The van der Waals surface area contributed by atoms with Gasteiger partial charge in [-0.25, -0.2) is 9.97 Å². The van der Waals surface area contributed by atoms with Crippen molar-refractivity contribution in [3.05, 3.63) is 41.7 Å². The standard InChI is InChI=1S/C19H26N4O2/c1-5-9-23(10-6-2)19-20-12-15(13-21-19)18(24)22-16-11-14(3)7-8-17(16)25-4/h7-8,11-13H,5-6,9-10H2,1-4H3,(H,22,24). The minimum absolute atomic E-state index is 0.256. The van der Waals surface area contributed by atoms with E-state index in [-0.39, 0.29) is 5.91 Å². The van der Waals surface area contributed by atoms with E-state index in [1.54, 1.807) is 19.5 Å². The summed E-state index contributed by atoms with van der Waals surface area (Å²) in [5.41, 5.74) is 2.09. The third-order valence-corrected chi connectivity index (χ3v) is 3.77. The summed E-state index contributed by atoms with van der Waals surface area (Å²) in [6, 6.07) is 5.64. The molecule has 134 valence electrons. The van der Waals surface area contributed by atoms with Crippen LogP contribution in [0.3, 0.4) is 0 Å². The quantitative estimate of drug-likeness (QED) is 0.793. The first-order chi connectivity index (χ1) is 12.1. The summed E-state index contributed by atoms with van der Waals surface area (Å²) in [5, 5.41) is 2.86. The molecule has 0 bridgehead atoms. The summed E-state index contributed by atoms with van der Waals surface area (Å²) in [6.45, 7) is 8.02. The molecule has 1 aromatic heterocycles. The first kappa shape index (κ1) is 18.7. The van der Waals surface area contributed by atoms with Gasteiger partial charge < -0.3 is 15.0 Å². The van der Waals surface area contributed by atoms with E-state index in [9.17, 15) is 4.79 Å². The molecule has 1 amide bonds. The monoisotopic (exact) mass is 342 g/mol. The first-order valence-corrected chi connectivity index (χ1v) is 8.62. The molecule has 0 radical (unpaired) electrons. The summed E-state index contributed by atoms with van der Waals surface area (Å²) in [6.07, 6.45) is 5.19. The number of aryl methyl sites for hydroxylation is 1. The molecule has 0 aliphatic heterocycles. The topological polar surface area (TPSA) is 67.4 Å². The van der Waals surface area contributed by atoms with Crippen molar-refractivity contribution in [1.29, 1.82) is 0 Å². The Kier molecular flexibility index (Phi) is 6.74. The van der Waals surface area contributed by atoms with Crippen LogP contribution in [0.5, 0.6) is 5.75 Å². The van der Waals surface area contributed by atoms with Crippen molar-refractivity contribution in [3.63, 3.8) is 0 Å². The van der Waals surface area contributed by atoms with Gasteiger partial charge in [0.25, 0.3) is 5.91 Å². The smallest absolute Gasteiger partial charge is 0.258 e. The van der Waals surface area contributed by atoms with Crippen LogP contribution in [0.2, 0.25) is 0 Å². The van der Waals surface area contributed by atoms with Gasteiger partial charge in [0.1, 0.15) is 5.75 Å². The fourth-order valence-corrected chi connectivity index (χ4v) is 2.57. The second-order valence-corrected chi connectivity index (χ2v) is 5.92. The number of ether oxygens (including phenoxy) is 1. The van der Waals surface area contributed by atoms with E-state index in [0.29, 0.717) is 22.9 Å². The van der Waals surface area contributed by atoms with E-state index in [1.165, 1.54) is 0 Å². The molecule has 0 saturated carbocycles. The Morgan fingerprint density at radius 3 is 2.36 bits per heavy atom. The highest BCUT2D eigenvalue weighted by atomic mass is 16.5. The van der Waals surface area contributed by atoms with E-state index in [2.05, 4.69) is 34.0 Å². The highest BCUT2D eigenvalue weighted by molar-refractivity contribution is 6.04. The zero-order valence-electron chi connectivity index (χ0n) is 15.4. The lowest BCUT2D eigenvalue weighted by Gasteiger charge is -2.21. The van der Waals surface area contributed by atoms with Crippen molar-refractivity contribution >= 4 is 17.5 Å². The molecule has 0 aliphatic carbocycles. The number of nitrogens with one attached hydrogen (secondary N) is 1. The Hall–Kier alpha value is -2.63. The summed E-state index contributed by atoms with van der Waals surface area (Å²) < 4.78 is 5.29. The second-order valence-electron chi connectivity index (χ2n) is 5.92. The van der Waals surface area contributed by atoms with Gasteiger partial charge in [-0.2, -0.15) is 0 Å². The van der Waals surface area contributed by atoms with Gasteiger partial charge in [-0.15, -0.1) is 0 Å². The Balaban J connectivity index is 2.14. The molecule has 2 aromatic rings. The SMILES string of the molecule is CCCN(CCC)c1ncc(C(=O)Nc2cc(C)ccc2OC)cn1. The molecule has 1 N–H and O–H groups in total. The predicted octanol–water partition coefficient (Wildman–Crippen LogP) is 3.67. The minimum Gasteiger partial charge on any atom is -0.495 e. The van der Waals surface area contributed by atoms with Crippen molar-refractivity contribution in [2.45, 2.75) is 33.6 Å². The van der Waals surface area contributed by atoms with E-state index in [1.807, 2.05) is 25.1 Å². The average Bonchev–Trinajstić information content (AvgIpc) is 2.62. The number of anilines is 2. The van der Waals surface area contributed by atoms with Crippen molar-refractivity contribution < 1.29 is 9.53 Å². The average molecular weight is 342 g/mol. The van der Waals surface area contributed by atoms with Gasteiger partial charge in [0.05, 0.1) is 18.4 Å². The van der Waals surface area contributed by atoms with Crippen LogP contribution in [0.4, 0.5) is 11.6 Å². The molecule has 6 nitrogen and oxygen atoms in total. The van der Waals surface area contributed by atoms with Gasteiger partial charge in [-0.3, -0.25) is 4.79 Å². The summed E-state index contributed by atoms with van der Waals surface area (Å²) in [4.78, 5) is 23.3. The third-order valence-electron chi connectivity index (χ3n) is 3.77. The van der Waals surface area contributed by atoms with Crippen molar-refractivity contribution in [1.82, 2.24) is 9.97 Å². The molecular weight excluding hydrogens is 316 g/mol. The van der Waals surface area contributed by atoms with Crippen LogP contribution in [0.1, 0.15) is 42.6 Å². The predicted molar refractivity (Wildman–Crippen MR) is 101 cm³/mol. The molecule has 0 atom stereocenters. The van der Waals surface area contributed by atoms with E-state index in [0.717, 1.165) is 31.5 Å². The fourth-order valence-electron chi connectivity index (χ4n) is 2.57. The third kappa shape index (κ3) is 4.92. The molecule has 1 heterocycles. The molecule has 25 heavy (non-hydrogen) atoms. The van der Waals surface area contributed by atoms with Gasteiger partial charge in [0, 0.05) is 25.5 Å². The highest BCUT2D eigenvalue weighted by Gasteiger charge is 2.13. The fraction of sp³-hybridized carbons (Fsp3) is 0.421. The lowest BCUT2D eigenvalue weighted by atomic mass is 10.2. The van der Waals surface area contributed by atoms with Gasteiger partial charge in [0.15, 0.2) is 0 Å². The number of hydrogen-bond donors (Lipinski definition) is 1. The van der Waals surface area contributed by atoms with Gasteiger partial charge in [0.2, 0.25) is 5.95 Å². The van der Waals surface area contributed by atoms with E-state index >= 15 is 0 Å². The lowest BCUT2D eigenvalue weighted by molar-refractivity contribution is 0.102. The number of amides is 1. The molecule has 0 aliphatic rings. The molecule has 6 heteroatoms. The molecule has 1 aromatic carbocycles. The number of rotatable bonds is 8. The summed E-state index contributed by atoms with van der Waals surface area (Å²) >= 11 is 0. The largest absolute Gasteiger partial charge is 0.495 e. The normalized spacial score (nSPS) is 10.4. The number of methoxy groups -OCH3 is 1. The maximum atomic E-state index is 12.5. The summed E-state index contributed by atoms with van der Waals surface area (Å²) in [5.74, 6) is 1.02. The van der Waals surface area contributed by atoms with Gasteiger partial charge in [-0.1, -0.05) is 19.9 Å². The number of benzene rings is 1. The zero-order chi connectivity index (χ0) is 18.2. The van der Waals surface area contributed by atoms with E-state index in [4.69, 9.17) is 4.74 Å². The Labute approximate surface area is 149 Å². The number of nitrogens with zero attached hydrogens (tertiary/aromatic N) is 3. The Bertz CT molecular complexity index is 695. The number of carbonyl (C=O) groups is 1. The van der Waals surface area contributed by atoms with Crippen LogP contribution >= 0.6 is 0 Å². The zero-order valence-corrected chi connectivity index (χ0v) is 15.4. The number of hydrogen-bond acceptors (Lipinski definition) is 5. The lowest BCUT2D eigenvalue weighted by Crippen LogP contribution is -2.27. The minimum atomic E-state index is -0.256. The summed E-state index contributed by atoms with van der Waals surface area (Å²) in [7, 11) is 1.58. The van der Waals surface area contributed by atoms with Crippen molar-refractivity contribution in [2.75, 3.05) is 30.4 Å². The number of carbonyl (C=O) groups excluding carboxylic acids is 1. The van der Waals surface area contributed by atoms with Crippen LogP contribution in [-0.4, -0.2) is 36.1 Å². The highest BCUT2D eigenvalue weighted by Crippen LogP contribution is 2.25. The Morgan fingerprint density at radius 1 is 1.16 bits per heavy atom. The van der Waals surface area contributed by atoms with Crippen LogP contribution in [0.25, 0.3) is 0 Å². The van der Waals surface area contributed by atoms with Crippen molar-refractivity contribution in [2.24, 2.45) is 0 Å². The van der Waals surface area contributed by atoms with Crippen LogP contribution < -0.4 is 15.0 Å². The molecule has 0 saturated heterocycles. The Morgan fingerprint density at radius 2 is 1.80 bits per heavy atom. The molecule has 0 spiro atoms. The molecule has 0 unspecified atom stereocenters. The van der Waals surface area contributed by atoms with Crippen LogP contribution in [-0.2, 0) is 0 Å². The maximum Gasteiger partial charge on any atom is 0.258 e. The number of aromatic nitrogens is 2.